The predicted octanol–water partition coefficient (Wildman–Crippen LogP) is -0.143. The van der Waals surface area contributed by atoms with Crippen molar-refractivity contribution in [3.63, 3.8) is 0 Å². The summed E-state index contributed by atoms with van der Waals surface area (Å²) in [6.07, 6.45) is 2.69. The van der Waals surface area contributed by atoms with Crippen LogP contribution in [0.25, 0.3) is 0 Å². The van der Waals surface area contributed by atoms with Gasteiger partial charge in [0.05, 0.1) is 0 Å². The van der Waals surface area contributed by atoms with Gasteiger partial charge in [0.2, 0.25) is 5.82 Å². The topological polar surface area (TPSA) is 122 Å². The minimum absolute atomic E-state index is 0.192. The lowest BCUT2D eigenvalue weighted by atomic mass is 10.5. The number of aromatic nitrogens is 6. The van der Waals surface area contributed by atoms with Gasteiger partial charge >= 0.3 is 12.0 Å². The summed E-state index contributed by atoms with van der Waals surface area (Å²) in [5.41, 5.74) is 0. The fraction of sp³-hybridized carbons (Fsp3) is 0.286. The van der Waals surface area contributed by atoms with Crippen molar-refractivity contribution in [1.29, 1.82) is 0 Å². The molecule has 10 heteroatoms. The van der Waals surface area contributed by atoms with Crippen molar-refractivity contribution in [1.82, 2.24) is 29.5 Å². The van der Waals surface area contributed by atoms with E-state index in [4.69, 9.17) is 0 Å². The van der Waals surface area contributed by atoms with E-state index < -0.39 is 16.9 Å². The van der Waals surface area contributed by atoms with Crippen molar-refractivity contribution in [3.8, 4) is 0 Å². The molecule has 2 aromatic rings. The summed E-state index contributed by atoms with van der Waals surface area (Å²) >= 11 is 0. The van der Waals surface area contributed by atoms with Crippen LogP contribution in [0.2, 0.25) is 0 Å². The monoisotopic (exact) mass is 237 g/mol. The number of nitrogens with zero attached hydrogens (tertiary/aromatic N) is 7. The number of carbonyl (C=O) groups is 1. The zero-order valence-corrected chi connectivity index (χ0v) is 8.72. The molecule has 2 aromatic heterocycles. The van der Waals surface area contributed by atoms with Gasteiger partial charge in [0.15, 0.2) is 0 Å². The van der Waals surface area contributed by atoms with E-state index in [0.29, 0.717) is 6.42 Å². The number of carbonyl (C=O) groups excluding carboxylic acids is 1. The standard InChI is InChI=1S/C7H7N7O3/c1-2-5-10-6(14(16)17)11-13(5)7(15)12-4-8-3-9-12/h3-4H,2H2,1H3. The molecule has 0 N–H and O–H groups in total. The predicted molar refractivity (Wildman–Crippen MR) is 52.3 cm³/mol. The second kappa shape index (κ2) is 4.08. The van der Waals surface area contributed by atoms with E-state index in [1.54, 1.807) is 6.92 Å². The summed E-state index contributed by atoms with van der Waals surface area (Å²) in [5.74, 6) is -0.424. The normalized spacial score (nSPS) is 10.4. The highest BCUT2D eigenvalue weighted by molar-refractivity contribution is 5.77. The van der Waals surface area contributed by atoms with Crippen LogP contribution >= 0.6 is 0 Å². The van der Waals surface area contributed by atoms with Crippen LogP contribution in [0.3, 0.4) is 0 Å². The largest absolute Gasteiger partial charge is 0.491 e. The molecule has 0 radical (unpaired) electrons. The third-order valence-electron chi connectivity index (χ3n) is 1.94. The third-order valence-corrected chi connectivity index (χ3v) is 1.94. The van der Waals surface area contributed by atoms with Gasteiger partial charge in [-0.3, -0.25) is 0 Å². The molecule has 0 fully saturated rings. The smallest absolute Gasteiger partial charge is 0.390 e. The first-order valence-corrected chi connectivity index (χ1v) is 4.63. The molecule has 0 atom stereocenters. The fourth-order valence-corrected chi connectivity index (χ4v) is 1.20. The molecule has 0 aliphatic carbocycles. The SMILES string of the molecule is CCc1nc([N+](=O)[O-])nn1C(=O)n1cncn1. The molecular formula is C7H7N7O3. The van der Waals surface area contributed by atoms with Crippen LogP contribution in [0, 0.1) is 10.1 Å². The Morgan fingerprint density at radius 2 is 2.35 bits per heavy atom. The molecular weight excluding hydrogens is 230 g/mol. The van der Waals surface area contributed by atoms with Crippen LogP contribution in [0.5, 0.6) is 0 Å². The van der Waals surface area contributed by atoms with Gasteiger partial charge in [-0.2, -0.15) is 9.78 Å². The molecule has 0 amide bonds. The summed E-state index contributed by atoms with van der Waals surface area (Å²) < 4.78 is 1.75. The lowest BCUT2D eigenvalue weighted by Crippen LogP contribution is -2.23. The van der Waals surface area contributed by atoms with Gasteiger partial charge in [-0.15, -0.1) is 0 Å². The van der Waals surface area contributed by atoms with E-state index in [1.807, 2.05) is 0 Å². The van der Waals surface area contributed by atoms with Crippen LogP contribution in [0.15, 0.2) is 12.7 Å². The third kappa shape index (κ3) is 1.87. The lowest BCUT2D eigenvalue weighted by Gasteiger charge is -1.96. The number of rotatable bonds is 2. The van der Waals surface area contributed by atoms with Gasteiger partial charge in [-0.25, -0.2) is 9.78 Å². The summed E-state index contributed by atoms with van der Waals surface area (Å²) in [5, 5.41) is 17.6. The first-order valence-electron chi connectivity index (χ1n) is 4.63. The molecule has 0 unspecified atom stereocenters. The molecule has 0 spiro atoms. The molecule has 88 valence electrons. The Kier molecular flexibility index (Phi) is 2.60. The molecule has 0 saturated heterocycles. The lowest BCUT2D eigenvalue weighted by molar-refractivity contribution is -0.394. The van der Waals surface area contributed by atoms with Gasteiger partial charge in [-0.05, 0) is 9.91 Å². The van der Waals surface area contributed by atoms with Gasteiger partial charge in [-0.1, -0.05) is 11.6 Å². The molecule has 2 heterocycles. The van der Waals surface area contributed by atoms with E-state index in [9.17, 15) is 14.9 Å². The summed E-state index contributed by atoms with van der Waals surface area (Å²) in [6.45, 7) is 1.71. The van der Waals surface area contributed by atoms with E-state index in [2.05, 4.69) is 20.2 Å². The maximum atomic E-state index is 11.8. The minimum atomic E-state index is -0.760. The number of nitro groups is 1. The Balaban J connectivity index is 2.44. The van der Waals surface area contributed by atoms with E-state index in [0.717, 1.165) is 9.36 Å². The molecule has 10 nitrogen and oxygen atoms in total. The minimum Gasteiger partial charge on any atom is -0.390 e. The summed E-state index contributed by atoms with van der Waals surface area (Å²) in [4.78, 5) is 28.8. The van der Waals surface area contributed by atoms with Crippen LogP contribution in [0.1, 0.15) is 12.7 Å². The zero-order valence-electron chi connectivity index (χ0n) is 8.72. The van der Waals surface area contributed by atoms with Gasteiger partial charge in [0, 0.05) is 11.5 Å². The molecule has 0 aliphatic heterocycles. The van der Waals surface area contributed by atoms with Crippen molar-refractivity contribution in [2.75, 3.05) is 0 Å². The van der Waals surface area contributed by atoms with E-state index in [-0.39, 0.29) is 5.82 Å². The van der Waals surface area contributed by atoms with Crippen molar-refractivity contribution in [3.05, 3.63) is 28.6 Å². The molecule has 0 aliphatic rings. The van der Waals surface area contributed by atoms with Gasteiger partial charge in [0.25, 0.3) is 0 Å². The Morgan fingerprint density at radius 3 is 2.88 bits per heavy atom. The average molecular weight is 237 g/mol. The Hall–Kier alpha value is -2.65. The Labute approximate surface area is 94.1 Å². The Bertz CT molecular complexity index is 558. The van der Waals surface area contributed by atoms with Crippen molar-refractivity contribution in [2.24, 2.45) is 0 Å². The first kappa shape index (κ1) is 10.9. The van der Waals surface area contributed by atoms with Crippen LogP contribution in [-0.4, -0.2) is 40.5 Å². The van der Waals surface area contributed by atoms with Crippen LogP contribution in [-0.2, 0) is 6.42 Å². The van der Waals surface area contributed by atoms with Crippen molar-refractivity contribution in [2.45, 2.75) is 13.3 Å². The molecule has 0 saturated carbocycles. The van der Waals surface area contributed by atoms with E-state index in [1.165, 1.54) is 12.7 Å². The zero-order chi connectivity index (χ0) is 12.4. The summed E-state index contributed by atoms with van der Waals surface area (Å²) in [6, 6.07) is -0.667. The quantitative estimate of drug-likeness (QED) is 0.526. The highest BCUT2D eigenvalue weighted by Crippen LogP contribution is 2.07. The summed E-state index contributed by atoms with van der Waals surface area (Å²) in [7, 11) is 0. The average Bonchev–Trinajstić information content (AvgIpc) is 2.97. The molecule has 0 aromatic carbocycles. The Morgan fingerprint density at radius 1 is 1.59 bits per heavy atom. The fourth-order valence-electron chi connectivity index (χ4n) is 1.20. The highest BCUT2D eigenvalue weighted by atomic mass is 16.6. The van der Waals surface area contributed by atoms with Crippen molar-refractivity contribution >= 4 is 12.0 Å². The number of aryl methyl sites for hydroxylation is 1. The van der Waals surface area contributed by atoms with Gasteiger partial charge in [0.1, 0.15) is 12.7 Å². The highest BCUT2D eigenvalue weighted by Gasteiger charge is 2.25. The van der Waals surface area contributed by atoms with Crippen LogP contribution < -0.4 is 0 Å². The maximum absolute atomic E-state index is 11.8. The van der Waals surface area contributed by atoms with Crippen molar-refractivity contribution < 1.29 is 9.72 Å². The van der Waals surface area contributed by atoms with Gasteiger partial charge < -0.3 is 10.1 Å². The second-order valence-electron chi connectivity index (χ2n) is 2.97. The maximum Gasteiger partial charge on any atom is 0.491 e. The number of hydrogen-bond acceptors (Lipinski definition) is 7. The number of hydrogen-bond donors (Lipinski definition) is 0. The van der Waals surface area contributed by atoms with E-state index >= 15 is 0 Å². The molecule has 2 rings (SSSR count). The molecule has 0 bridgehead atoms. The molecule has 17 heavy (non-hydrogen) atoms. The first-order chi connectivity index (χ1) is 8.13. The second-order valence-corrected chi connectivity index (χ2v) is 2.97. The van der Waals surface area contributed by atoms with Crippen LogP contribution in [0.4, 0.5) is 10.7 Å².